The fourth-order valence-corrected chi connectivity index (χ4v) is 3.56. The van der Waals surface area contributed by atoms with Gasteiger partial charge in [-0.3, -0.25) is 9.59 Å². The number of methoxy groups -OCH3 is 2. The van der Waals surface area contributed by atoms with Gasteiger partial charge in [0.25, 0.3) is 0 Å². The van der Waals surface area contributed by atoms with Crippen LogP contribution in [-0.2, 0) is 9.53 Å². The summed E-state index contributed by atoms with van der Waals surface area (Å²) >= 11 is 0. The third-order valence-corrected chi connectivity index (χ3v) is 4.73. The van der Waals surface area contributed by atoms with Gasteiger partial charge in [-0.1, -0.05) is 0 Å². The van der Waals surface area contributed by atoms with Crippen molar-refractivity contribution >= 4 is 23.6 Å². The molecule has 0 radical (unpaired) electrons. The molecule has 1 saturated heterocycles. The number of carbonyl (C=O) groups is 2. The highest BCUT2D eigenvalue weighted by Gasteiger charge is 2.34. The summed E-state index contributed by atoms with van der Waals surface area (Å²) in [4.78, 5) is 27.4. The highest BCUT2D eigenvalue weighted by molar-refractivity contribution is 5.88. The molecule has 1 unspecified atom stereocenters. The Morgan fingerprint density at radius 2 is 2.17 bits per heavy atom. The fourth-order valence-electron chi connectivity index (χ4n) is 3.56. The summed E-state index contributed by atoms with van der Waals surface area (Å²) in [5.41, 5.74) is 2.62. The monoisotopic (exact) mass is 318 g/mol. The normalized spacial score (nSPS) is 19.1. The van der Waals surface area contributed by atoms with Crippen molar-refractivity contribution in [1.82, 2.24) is 0 Å². The Labute approximate surface area is 136 Å². The van der Waals surface area contributed by atoms with Crippen LogP contribution in [-0.4, -0.2) is 52.2 Å². The van der Waals surface area contributed by atoms with Gasteiger partial charge in [-0.05, 0) is 18.9 Å². The summed E-state index contributed by atoms with van der Waals surface area (Å²) in [6.07, 6.45) is 3.46. The second kappa shape index (κ2) is 6.48. The standard InChI is InChI=1S/C17H22N2O4/c1-22-16-9-15-14(8-12(16)11-20)18(7-5-17(21)23-2)10-13-4-3-6-19(13)15/h8-9,11,13H,3-7,10H2,1-2H3. The third kappa shape index (κ3) is 2.85. The van der Waals surface area contributed by atoms with Gasteiger partial charge < -0.3 is 19.3 Å². The lowest BCUT2D eigenvalue weighted by molar-refractivity contribution is -0.140. The van der Waals surface area contributed by atoms with E-state index in [1.807, 2.05) is 12.1 Å². The van der Waals surface area contributed by atoms with Gasteiger partial charge in [0.05, 0.1) is 37.6 Å². The van der Waals surface area contributed by atoms with E-state index in [9.17, 15) is 9.59 Å². The van der Waals surface area contributed by atoms with Crippen LogP contribution in [0.1, 0.15) is 29.6 Å². The minimum atomic E-state index is -0.218. The van der Waals surface area contributed by atoms with Crippen LogP contribution >= 0.6 is 0 Å². The second-order valence-corrected chi connectivity index (χ2v) is 5.96. The number of ether oxygens (including phenoxy) is 2. The lowest BCUT2D eigenvalue weighted by Gasteiger charge is -2.41. The van der Waals surface area contributed by atoms with Crippen LogP contribution in [0, 0.1) is 0 Å². The van der Waals surface area contributed by atoms with Crippen molar-refractivity contribution in [3.8, 4) is 5.75 Å². The molecule has 23 heavy (non-hydrogen) atoms. The molecule has 0 aromatic heterocycles. The van der Waals surface area contributed by atoms with Crippen molar-refractivity contribution in [1.29, 1.82) is 0 Å². The molecule has 2 aliphatic rings. The molecule has 2 aliphatic heterocycles. The zero-order chi connectivity index (χ0) is 16.4. The number of rotatable bonds is 5. The number of hydrogen-bond donors (Lipinski definition) is 0. The number of esters is 1. The lowest BCUT2D eigenvalue weighted by Crippen LogP contribution is -2.46. The van der Waals surface area contributed by atoms with Crippen LogP contribution in [0.15, 0.2) is 12.1 Å². The Hall–Kier alpha value is -2.24. The van der Waals surface area contributed by atoms with Gasteiger partial charge in [0, 0.05) is 31.7 Å². The van der Waals surface area contributed by atoms with E-state index in [1.165, 1.54) is 7.11 Å². The number of benzene rings is 1. The van der Waals surface area contributed by atoms with Crippen LogP contribution in [0.4, 0.5) is 11.4 Å². The highest BCUT2D eigenvalue weighted by atomic mass is 16.5. The first kappa shape index (κ1) is 15.6. The number of carbonyl (C=O) groups excluding carboxylic acids is 2. The van der Waals surface area contributed by atoms with Crippen LogP contribution in [0.25, 0.3) is 0 Å². The Bertz CT molecular complexity index is 617. The van der Waals surface area contributed by atoms with Gasteiger partial charge in [0.2, 0.25) is 0 Å². The summed E-state index contributed by atoms with van der Waals surface area (Å²) in [6.45, 7) is 2.48. The molecule has 6 heteroatoms. The first-order valence-corrected chi connectivity index (χ1v) is 7.93. The average Bonchev–Trinajstić information content (AvgIpc) is 3.06. The molecule has 2 heterocycles. The summed E-state index contributed by atoms with van der Waals surface area (Å²) in [5.74, 6) is 0.378. The molecule has 0 spiro atoms. The predicted octanol–water partition coefficient (Wildman–Crippen LogP) is 1.86. The third-order valence-electron chi connectivity index (χ3n) is 4.73. The Morgan fingerprint density at radius 3 is 2.87 bits per heavy atom. The van der Waals surface area contributed by atoms with Crippen LogP contribution < -0.4 is 14.5 Å². The maximum atomic E-state index is 11.5. The molecule has 124 valence electrons. The van der Waals surface area contributed by atoms with Crippen molar-refractivity contribution in [3.05, 3.63) is 17.7 Å². The van der Waals surface area contributed by atoms with Crippen LogP contribution in [0.2, 0.25) is 0 Å². The Kier molecular flexibility index (Phi) is 4.41. The molecular formula is C17H22N2O4. The van der Waals surface area contributed by atoms with E-state index in [4.69, 9.17) is 9.47 Å². The predicted molar refractivity (Wildman–Crippen MR) is 87.6 cm³/mol. The molecule has 0 N–H and O–H groups in total. The summed E-state index contributed by atoms with van der Waals surface area (Å²) in [6, 6.07) is 4.27. The van der Waals surface area contributed by atoms with Gasteiger partial charge >= 0.3 is 5.97 Å². The summed E-state index contributed by atoms with van der Waals surface area (Å²) in [7, 11) is 2.98. The molecule has 0 amide bonds. The molecule has 0 saturated carbocycles. The quantitative estimate of drug-likeness (QED) is 0.610. The molecule has 1 fully saturated rings. The number of hydrogen-bond acceptors (Lipinski definition) is 6. The van der Waals surface area contributed by atoms with Crippen molar-refractivity contribution in [2.75, 3.05) is 43.7 Å². The fraction of sp³-hybridized carbons (Fsp3) is 0.529. The molecule has 1 aromatic rings. The van der Waals surface area contributed by atoms with E-state index < -0.39 is 0 Å². The average molecular weight is 318 g/mol. The van der Waals surface area contributed by atoms with Gasteiger partial charge in [0.1, 0.15) is 5.75 Å². The van der Waals surface area contributed by atoms with Gasteiger partial charge in [-0.2, -0.15) is 0 Å². The Morgan fingerprint density at radius 1 is 1.35 bits per heavy atom. The smallest absolute Gasteiger partial charge is 0.307 e. The zero-order valence-electron chi connectivity index (χ0n) is 13.6. The van der Waals surface area contributed by atoms with E-state index in [0.29, 0.717) is 30.3 Å². The maximum absolute atomic E-state index is 11.5. The van der Waals surface area contributed by atoms with Crippen molar-refractivity contribution in [2.24, 2.45) is 0 Å². The van der Waals surface area contributed by atoms with Crippen molar-refractivity contribution in [2.45, 2.75) is 25.3 Å². The number of fused-ring (bicyclic) bond motifs is 3. The summed E-state index contributed by atoms with van der Waals surface area (Å²) < 4.78 is 10.1. The first-order valence-electron chi connectivity index (χ1n) is 7.93. The van der Waals surface area contributed by atoms with Crippen molar-refractivity contribution in [3.63, 3.8) is 0 Å². The molecule has 6 nitrogen and oxygen atoms in total. The molecule has 0 aliphatic carbocycles. The van der Waals surface area contributed by atoms with Gasteiger partial charge in [-0.15, -0.1) is 0 Å². The second-order valence-electron chi connectivity index (χ2n) is 5.96. The number of nitrogens with zero attached hydrogens (tertiary/aromatic N) is 2. The van der Waals surface area contributed by atoms with Crippen molar-refractivity contribution < 1.29 is 19.1 Å². The van der Waals surface area contributed by atoms with Crippen LogP contribution in [0.5, 0.6) is 5.75 Å². The zero-order valence-corrected chi connectivity index (χ0v) is 13.6. The SMILES string of the molecule is COC(=O)CCN1CC2CCCN2c2cc(OC)c(C=O)cc21. The largest absolute Gasteiger partial charge is 0.496 e. The van der Waals surface area contributed by atoms with Gasteiger partial charge in [-0.25, -0.2) is 0 Å². The number of aldehydes is 1. The molecule has 3 rings (SSSR count). The molecule has 1 aromatic carbocycles. The maximum Gasteiger partial charge on any atom is 0.307 e. The Balaban J connectivity index is 1.97. The minimum Gasteiger partial charge on any atom is -0.496 e. The first-order chi connectivity index (χ1) is 11.2. The molecule has 1 atom stereocenters. The van der Waals surface area contributed by atoms with E-state index in [2.05, 4.69) is 9.80 Å². The van der Waals surface area contributed by atoms with Gasteiger partial charge in [0.15, 0.2) is 6.29 Å². The van der Waals surface area contributed by atoms with Crippen LogP contribution in [0.3, 0.4) is 0 Å². The lowest BCUT2D eigenvalue weighted by atomic mass is 10.0. The van der Waals surface area contributed by atoms with E-state index in [0.717, 1.165) is 43.6 Å². The van der Waals surface area contributed by atoms with E-state index in [-0.39, 0.29) is 5.97 Å². The molecular weight excluding hydrogens is 296 g/mol. The van der Waals surface area contributed by atoms with E-state index >= 15 is 0 Å². The topological polar surface area (TPSA) is 59.1 Å². The minimum absolute atomic E-state index is 0.218. The van der Waals surface area contributed by atoms with E-state index in [1.54, 1.807) is 7.11 Å². The summed E-state index contributed by atoms with van der Waals surface area (Å²) in [5, 5.41) is 0. The molecule has 0 bridgehead atoms. The highest BCUT2D eigenvalue weighted by Crippen LogP contribution is 2.42. The number of anilines is 2.